The molecule has 7 heteroatoms. The van der Waals surface area contributed by atoms with Crippen LogP contribution in [0.2, 0.25) is 0 Å². The van der Waals surface area contributed by atoms with Crippen molar-refractivity contribution in [3.63, 3.8) is 0 Å². The molecule has 2 fully saturated rings. The molecule has 0 unspecified atom stereocenters. The van der Waals surface area contributed by atoms with Gasteiger partial charge < -0.3 is 9.32 Å². The zero-order chi connectivity index (χ0) is 11.3. The lowest BCUT2D eigenvalue weighted by Gasteiger charge is -2.27. The number of hydrogen-bond donors (Lipinski definition) is 1. The van der Waals surface area contributed by atoms with Crippen LogP contribution in [-0.2, 0) is 0 Å². The van der Waals surface area contributed by atoms with Crippen molar-refractivity contribution in [1.29, 1.82) is 0 Å². The summed E-state index contributed by atoms with van der Waals surface area (Å²) in [5.74, 6) is 0.948. The minimum Gasteiger partial charge on any atom is -0.423 e. The molecule has 2 bridgehead atoms. The molecule has 2 aliphatic heterocycles. The number of fused-ring (bicyclic) bond motifs is 2. The minimum absolute atomic E-state index is 0.0900. The van der Waals surface area contributed by atoms with E-state index in [9.17, 15) is 10.0 Å². The molecule has 0 saturated carbocycles. The highest BCUT2D eigenvalue weighted by molar-refractivity contribution is 5.76. The Labute approximate surface area is 91.6 Å². The molecule has 0 spiro atoms. The number of rotatable bonds is 1. The lowest BCUT2D eigenvalue weighted by Crippen LogP contribution is -2.34. The third-order valence-corrected chi connectivity index (χ3v) is 3.17. The van der Waals surface area contributed by atoms with Crippen molar-refractivity contribution in [3.8, 4) is 0 Å². The maximum atomic E-state index is 11.7. The smallest absolute Gasteiger partial charge is 0.344 e. The zero-order valence-electron chi connectivity index (χ0n) is 8.83. The molecule has 16 heavy (non-hydrogen) atoms. The number of carbonyl (C=O) groups excluding carboxylic acids is 1. The summed E-state index contributed by atoms with van der Waals surface area (Å²) in [4.78, 5) is 13.3. The summed E-state index contributed by atoms with van der Waals surface area (Å²) in [6, 6.07) is -0.654. The van der Waals surface area contributed by atoms with Crippen LogP contribution in [0.15, 0.2) is 4.42 Å². The summed E-state index contributed by atoms with van der Waals surface area (Å²) >= 11 is 0. The van der Waals surface area contributed by atoms with Crippen LogP contribution in [-0.4, -0.2) is 44.0 Å². The first-order valence-corrected chi connectivity index (χ1v) is 5.25. The van der Waals surface area contributed by atoms with Crippen LogP contribution in [0, 0.1) is 6.92 Å². The molecule has 0 aliphatic carbocycles. The Balaban J connectivity index is 1.90. The van der Waals surface area contributed by atoms with E-state index >= 15 is 0 Å². The largest absolute Gasteiger partial charge is 0.423 e. The van der Waals surface area contributed by atoms with Crippen LogP contribution >= 0.6 is 0 Å². The fourth-order valence-electron chi connectivity index (χ4n) is 2.35. The SMILES string of the molecule is Cc1nnc([C@H]2CC[C@@H]3CN2C(=O)N3O)o1. The molecule has 1 aromatic heterocycles. The third kappa shape index (κ3) is 1.21. The van der Waals surface area contributed by atoms with Gasteiger partial charge in [0.1, 0.15) is 6.04 Å². The Hall–Kier alpha value is -1.63. The molecule has 2 amide bonds. The summed E-state index contributed by atoms with van der Waals surface area (Å²) in [6.45, 7) is 2.24. The summed E-state index contributed by atoms with van der Waals surface area (Å²) in [5, 5.41) is 18.0. The van der Waals surface area contributed by atoms with Crippen molar-refractivity contribution in [2.45, 2.75) is 31.8 Å². The number of hydroxylamine groups is 2. The number of aromatic nitrogens is 2. The molecule has 1 N–H and O–H groups in total. The van der Waals surface area contributed by atoms with Gasteiger partial charge in [0, 0.05) is 13.5 Å². The van der Waals surface area contributed by atoms with Gasteiger partial charge in [-0.05, 0) is 12.8 Å². The predicted octanol–water partition coefficient (Wildman–Crippen LogP) is 0.708. The second-order valence-corrected chi connectivity index (χ2v) is 4.19. The molecule has 86 valence electrons. The fourth-order valence-corrected chi connectivity index (χ4v) is 2.35. The van der Waals surface area contributed by atoms with Crippen molar-refractivity contribution < 1.29 is 14.4 Å². The Bertz CT molecular complexity index is 432. The van der Waals surface area contributed by atoms with E-state index in [0.717, 1.165) is 17.9 Å². The molecule has 2 aliphatic rings. The first kappa shape index (κ1) is 9.59. The van der Waals surface area contributed by atoms with Gasteiger partial charge in [0.15, 0.2) is 0 Å². The lowest BCUT2D eigenvalue weighted by molar-refractivity contribution is -0.0584. The van der Waals surface area contributed by atoms with Crippen LogP contribution in [0.25, 0.3) is 0 Å². The van der Waals surface area contributed by atoms with Gasteiger partial charge in [0.05, 0.1) is 6.04 Å². The topological polar surface area (TPSA) is 82.7 Å². The predicted molar refractivity (Wildman–Crippen MR) is 50.5 cm³/mol. The normalized spacial score (nSPS) is 29.0. The number of amides is 2. The maximum absolute atomic E-state index is 11.7. The van der Waals surface area contributed by atoms with Gasteiger partial charge in [0.2, 0.25) is 11.8 Å². The average molecular weight is 224 g/mol. The maximum Gasteiger partial charge on any atom is 0.344 e. The average Bonchev–Trinajstić information content (AvgIpc) is 2.80. The number of piperidine rings is 1. The second kappa shape index (κ2) is 3.18. The molecule has 3 heterocycles. The van der Waals surface area contributed by atoms with Gasteiger partial charge in [0.25, 0.3) is 0 Å². The van der Waals surface area contributed by atoms with Gasteiger partial charge in [-0.15, -0.1) is 10.2 Å². The molecular weight excluding hydrogens is 212 g/mol. The van der Waals surface area contributed by atoms with E-state index in [1.807, 2.05) is 0 Å². The molecule has 0 aromatic carbocycles. The number of hydrogen-bond acceptors (Lipinski definition) is 5. The second-order valence-electron chi connectivity index (χ2n) is 4.19. The van der Waals surface area contributed by atoms with Crippen LogP contribution in [0.3, 0.4) is 0 Å². The Kier molecular flexibility index (Phi) is 1.90. The van der Waals surface area contributed by atoms with Gasteiger partial charge in [-0.1, -0.05) is 0 Å². The van der Waals surface area contributed by atoms with E-state index in [2.05, 4.69) is 10.2 Å². The van der Waals surface area contributed by atoms with E-state index in [4.69, 9.17) is 4.42 Å². The molecule has 0 radical (unpaired) electrons. The van der Waals surface area contributed by atoms with Crippen LogP contribution in [0.5, 0.6) is 0 Å². The number of nitrogens with zero attached hydrogens (tertiary/aromatic N) is 4. The fraction of sp³-hybridized carbons (Fsp3) is 0.667. The summed E-state index contributed by atoms with van der Waals surface area (Å²) < 4.78 is 5.34. The van der Waals surface area contributed by atoms with Crippen molar-refractivity contribution in [1.82, 2.24) is 20.2 Å². The Morgan fingerprint density at radius 1 is 1.44 bits per heavy atom. The van der Waals surface area contributed by atoms with Gasteiger partial charge in [-0.2, -0.15) is 0 Å². The van der Waals surface area contributed by atoms with Crippen molar-refractivity contribution in [2.75, 3.05) is 6.54 Å². The number of aryl methyl sites for hydroxylation is 1. The van der Waals surface area contributed by atoms with E-state index < -0.39 is 0 Å². The van der Waals surface area contributed by atoms with Gasteiger partial charge in [-0.25, -0.2) is 9.86 Å². The highest BCUT2D eigenvalue weighted by atomic mass is 16.5. The van der Waals surface area contributed by atoms with Gasteiger partial charge in [-0.3, -0.25) is 5.21 Å². The zero-order valence-corrected chi connectivity index (χ0v) is 8.83. The van der Waals surface area contributed by atoms with Crippen molar-refractivity contribution in [3.05, 3.63) is 11.8 Å². The number of urea groups is 1. The first-order chi connectivity index (χ1) is 7.66. The van der Waals surface area contributed by atoms with Crippen LogP contribution in [0.1, 0.15) is 30.7 Å². The molecule has 3 rings (SSSR count). The first-order valence-electron chi connectivity index (χ1n) is 5.25. The number of carbonyl (C=O) groups is 1. The summed E-state index contributed by atoms with van der Waals surface area (Å²) in [5.41, 5.74) is 0. The van der Waals surface area contributed by atoms with Crippen LogP contribution in [0.4, 0.5) is 4.79 Å². The summed E-state index contributed by atoms with van der Waals surface area (Å²) in [7, 11) is 0. The molecule has 7 nitrogen and oxygen atoms in total. The quantitative estimate of drug-likeness (QED) is 0.710. The van der Waals surface area contributed by atoms with E-state index in [1.165, 1.54) is 0 Å². The van der Waals surface area contributed by atoms with Crippen LogP contribution < -0.4 is 0 Å². The Morgan fingerprint density at radius 2 is 2.25 bits per heavy atom. The van der Waals surface area contributed by atoms with Crippen molar-refractivity contribution >= 4 is 6.03 Å². The Morgan fingerprint density at radius 3 is 2.94 bits per heavy atom. The van der Waals surface area contributed by atoms with E-state index in [-0.39, 0.29) is 18.1 Å². The molecule has 2 saturated heterocycles. The highest BCUT2D eigenvalue weighted by Crippen LogP contribution is 2.36. The lowest BCUT2D eigenvalue weighted by atomic mass is 10.0. The van der Waals surface area contributed by atoms with Crippen molar-refractivity contribution in [2.24, 2.45) is 0 Å². The molecular formula is C9H12N4O3. The summed E-state index contributed by atoms with van der Waals surface area (Å²) in [6.07, 6.45) is 1.50. The molecule has 1 aromatic rings. The van der Waals surface area contributed by atoms with E-state index in [0.29, 0.717) is 18.3 Å². The molecule has 2 atom stereocenters. The van der Waals surface area contributed by atoms with E-state index in [1.54, 1.807) is 11.8 Å². The third-order valence-electron chi connectivity index (χ3n) is 3.17. The van der Waals surface area contributed by atoms with Gasteiger partial charge >= 0.3 is 6.03 Å². The highest BCUT2D eigenvalue weighted by Gasteiger charge is 2.46. The monoisotopic (exact) mass is 224 g/mol. The minimum atomic E-state index is -0.372. The standard InChI is InChI=1S/C9H12N4O3/c1-5-10-11-8(16-5)7-3-2-6-4-12(7)9(14)13(6)15/h6-7,15H,2-4H2,1H3/t6-,7-/m1/s1.